The Labute approximate surface area is 153 Å². The summed E-state index contributed by atoms with van der Waals surface area (Å²) in [7, 11) is 0. The zero-order valence-electron chi connectivity index (χ0n) is 13.7. The summed E-state index contributed by atoms with van der Waals surface area (Å²) in [5.74, 6) is 0.180. The molecule has 1 N–H and O–H groups in total. The minimum atomic E-state index is -0.173. The maximum absolute atomic E-state index is 13.7. The number of rotatable bonds is 2. The summed E-state index contributed by atoms with van der Waals surface area (Å²) in [5, 5.41) is 9.44. The van der Waals surface area contributed by atoms with Gasteiger partial charge in [0.15, 0.2) is 0 Å². The first-order valence-electron chi connectivity index (χ1n) is 7.91. The Balaban J connectivity index is 2.14. The molecule has 2 aromatic heterocycles. The zero-order valence-corrected chi connectivity index (χ0v) is 15.8. The molecule has 4 aromatic rings. The third-order valence-electron chi connectivity index (χ3n) is 4.45. The van der Waals surface area contributed by atoms with Gasteiger partial charge in [0.05, 0.1) is 17.2 Å². The fourth-order valence-electron chi connectivity index (χ4n) is 3.26. The Kier molecular flexibility index (Phi) is 3.63. The molecule has 0 radical (unpaired) electrons. The SMILES string of the molecule is Cc1cc(-n2c(C(C)C)c(I)c3cc4[nH]ncc4cc32)ccc1F. The van der Waals surface area contributed by atoms with E-state index in [1.54, 1.807) is 13.0 Å². The lowest BCUT2D eigenvalue weighted by molar-refractivity contribution is 0.618. The van der Waals surface area contributed by atoms with Crippen molar-refractivity contribution in [1.29, 1.82) is 0 Å². The maximum atomic E-state index is 13.7. The van der Waals surface area contributed by atoms with E-state index in [4.69, 9.17) is 0 Å². The molecule has 0 fully saturated rings. The number of nitrogens with one attached hydrogen (secondary N) is 1. The van der Waals surface area contributed by atoms with Gasteiger partial charge in [-0.1, -0.05) is 13.8 Å². The number of H-pyrrole nitrogens is 1. The molecule has 2 heterocycles. The number of fused-ring (bicyclic) bond motifs is 2. The van der Waals surface area contributed by atoms with Gasteiger partial charge < -0.3 is 4.57 Å². The van der Waals surface area contributed by atoms with Gasteiger partial charge in [0.1, 0.15) is 5.82 Å². The number of benzene rings is 2. The Morgan fingerprint density at radius 1 is 1.21 bits per heavy atom. The molecule has 4 rings (SSSR count). The lowest BCUT2D eigenvalue weighted by Gasteiger charge is -2.15. The van der Waals surface area contributed by atoms with E-state index in [0.717, 1.165) is 22.1 Å². The summed E-state index contributed by atoms with van der Waals surface area (Å²) in [6, 6.07) is 9.61. The van der Waals surface area contributed by atoms with Crippen molar-refractivity contribution >= 4 is 44.4 Å². The fourth-order valence-corrected chi connectivity index (χ4v) is 4.56. The third-order valence-corrected chi connectivity index (χ3v) is 5.58. The van der Waals surface area contributed by atoms with E-state index in [2.05, 4.69) is 63.3 Å². The lowest BCUT2D eigenvalue weighted by atomic mass is 10.1. The molecule has 5 heteroatoms. The molecule has 0 saturated carbocycles. The van der Waals surface area contributed by atoms with Gasteiger partial charge >= 0.3 is 0 Å². The third kappa shape index (κ3) is 2.25. The molecule has 0 atom stereocenters. The van der Waals surface area contributed by atoms with Gasteiger partial charge in [0.2, 0.25) is 0 Å². The van der Waals surface area contributed by atoms with E-state index in [1.807, 2.05) is 18.3 Å². The Bertz CT molecular complexity index is 1080. The van der Waals surface area contributed by atoms with Gasteiger partial charge in [-0.25, -0.2) is 4.39 Å². The number of aromatic nitrogens is 3. The second kappa shape index (κ2) is 5.58. The summed E-state index contributed by atoms with van der Waals surface area (Å²) in [5.41, 5.74) is 5.06. The van der Waals surface area contributed by atoms with E-state index >= 15 is 0 Å². The number of aryl methyl sites for hydroxylation is 1. The summed E-state index contributed by atoms with van der Waals surface area (Å²) < 4.78 is 17.2. The predicted octanol–water partition coefficient (Wildman–Crippen LogP) is 5.68. The van der Waals surface area contributed by atoms with Crippen LogP contribution in [0, 0.1) is 16.3 Å². The van der Waals surface area contributed by atoms with Crippen LogP contribution in [0.5, 0.6) is 0 Å². The van der Waals surface area contributed by atoms with Crippen molar-refractivity contribution in [2.45, 2.75) is 26.7 Å². The number of halogens is 2. The largest absolute Gasteiger partial charge is 0.312 e. The van der Waals surface area contributed by atoms with Gasteiger partial charge in [0, 0.05) is 25.7 Å². The first kappa shape index (κ1) is 15.6. The standard InChI is InChI=1S/C19H17FIN3/c1-10(2)19-18(21)14-8-16-12(9-22-23-16)7-17(14)24(19)13-4-5-15(20)11(3)6-13/h4-10H,1-3H3,(H,22,23). The molecule has 0 bridgehead atoms. The highest BCUT2D eigenvalue weighted by Crippen LogP contribution is 2.37. The molecule has 0 aliphatic carbocycles. The average Bonchev–Trinajstić information content (AvgIpc) is 3.10. The smallest absolute Gasteiger partial charge is 0.126 e. The number of nitrogens with zero attached hydrogens (tertiary/aromatic N) is 2. The minimum absolute atomic E-state index is 0.173. The van der Waals surface area contributed by atoms with E-state index < -0.39 is 0 Å². The predicted molar refractivity (Wildman–Crippen MR) is 104 cm³/mol. The van der Waals surface area contributed by atoms with Crippen molar-refractivity contribution in [1.82, 2.24) is 14.8 Å². The molecule has 0 saturated heterocycles. The highest BCUT2D eigenvalue weighted by atomic mass is 127. The van der Waals surface area contributed by atoms with Crippen LogP contribution in [0.1, 0.15) is 31.0 Å². The Hall–Kier alpha value is -1.89. The maximum Gasteiger partial charge on any atom is 0.126 e. The number of aromatic amines is 1. The van der Waals surface area contributed by atoms with Crippen molar-refractivity contribution in [3.8, 4) is 5.69 Å². The normalized spacial score (nSPS) is 11.9. The molecular weight excluding hydrogens is 416 g/mol. The molecule has 3 nitrogen and oxygen atoms in total. The average molecular weight is 433 g/mol. The topological polar surface area (TPSA) is 33.6 Å². The molecule has 0 spiro atoms. The number of hydrogen-bond donors (Lipinski definition) is 1. The van der Waals surface area contributed by atoms with Crippen LogP contribution >= 0.6 is 22.6 Å². The van der Waals surface area contributed by atoms with Crippen LogP contribution in [0.2, 0.25) is 0 Å². The van der Waals surface area contributed by atoms with Gasteiger partial charge in [0.25, 0.3) is 0 Å². The van der Waals surface area contributed by atoms with Crippen LogP contribution in [0.3, 0.4) is 0 Å². The highest BCUT2D eigenvalue weighted by Gasteiger charge is 2.20. The second-order valence-corrected chi connectivity index (χ2v) is 7.53. The van der Waals surface area contributed by atoms with Gasteiger partial charge in [-0.15, -0.1) is 0 Å². The first-order chi connectivity index (χ1) is 11.5. The molecule has 24 heavy (non-hydrogen) atoms. The molecule has 122 valence electrons. The first-order valence-corrected chi connectivity index (χ1v) is 8.98. The van der Waals surface area contributed by atoms with Crippen molar-refractivity contribution in [3.63, 3.8) is 0 Å². The van der Waals surface area contributed by atoms with E-state index in [1.165, 1.54) is 14.7 Å². The molecular formula is C19H17FIN3. The Morgan fingerprint density at radius 3 is 2.71 bits per heavy atom. The van der Waals surface area contributed by atoms with Crippen molar-refractivity contribution < 1.29 is 4.39 Å². The van der Waals surface area contributed by atoms with E-state index in [9.17, 15) is 4.39 Å². The van der Waals surface area contributed by atoms with E-state index in [0.29, 0.717) is 11.5 Å². The zero-order chi connectivity index (χ0) is 17.0. The summed E-state index contributed by atoms with van der Waals surface area (Å²) in [6.45, 7) is 6.19. The summed E-state index contributed by atoms with van der Waals surface area (Å²) in [4.78, 5) is 0. The Morgan fingerprint density at radius 2 is 2.00 bits per heavy atom. The molecule has 0 aliphatic rings. The highest BCUT2D eigenvalue weighted by molar-refractivity contribution is 14.1. The van der Waals surface area contributed by atoms with Crippen molar-refractivity contribution in [2.75, 3.05) is 0 Å². The molecule has 0 aliphatic heterocycles. The van der Waals surface area contributed by atoms with Gasteiger partial charge in [-0.05, 0) is 71.3 Å². The summed E-state index contributed by atoms with van der Waals surface area (Å²) >= 11 is 2.42. The van der Waals surface area contributed by atoms with Crippen LogP contribution in [-0.4, -0.2) is 14.8 Å². The van der Waals surface area contributed by atoms with E-state index in [-0.39, 0.29) is 5.82 Å². The monoisotopic (exact) mass is 433 g/mol. The van der Waals surface area contributed by atoms with Gasteiger partial charge in [-0.3, -0.25) is 5.10 Å². The van der Waals surface area contributed by atoms with Crippen LogP contribution in [-0.2, 0) is 0 Å². The van der Waals surface area contributed by atoms with Crippen LogP contribution in [0.4, 0.5) is 4.39 Å². The molecule has 2 aromatic carbocycles. The number of hydrogen-bond acceptors (Lipinski definition) is 1. The fraction of sp³-hybridized carbons (Fsp3) is 0.211. The minimum Gasteiger partial charge on any atom is -0.312 e. The quantitative estimate of drug-likeness (QED) is 0.406. The van der Waals surface area contributed by atoms with Crippen molar-refractivity contribution in [3.05, 3.63) is 57.2 Å². The summed E-state index contributed by atoms with van der Waals surface area (Å²) in [6.07, 6.45) is 1.84. The van der Waals surface area contributed by atoms with Crippen molar-refractivity contribution in [2.24, 2.45) is 0 Å². The lowest BCUT2D eigenvalue weighted by Crippen LogP contribution is -2.03. The van der Waals surface area contributed by atoms with Crippen LogP contribution in [0.15, 0.2) is 36.5 Å². The van der Waals surface area contributed by atoms with Crippen LogP contribution in [0.25, 0.3) is 27.5 Å². The van der Waals surface area contributed by atoms with Crippen LogP contribution < -0.4 is 0 Å². The molecule has 0 amide bonds. The van der Waals surface area contributed by atoms with Gasteiger partial charge in [-0.2, -0.15) is 5.10 Å². The second-order valence-electron chi connectivity index (χ2n) is 6.45. The molecule has 0 unspecified atom stereocenters.